The molecule has 0 aliphatic carbocycles. The second-order valence-corrected chi connectivity index (χ2v) is 4.66. The van der Waals surface area contributed by atoms with Crippen molar-refractivity contribution in [1.82, 2.24) is 9.97 Å². The number of benzene rings is 1. The average molecular weight is 361 g/mol. The van der Waals surface area contributed by atoms with Gasteiger partial charge in [-0.1, -0.05) is 11.6 Å². The van der Waals surface area contributed by atoms with Crippen LogP contribution in [0.25, 0.3) is 0 Å². The summed E-state index contributed by atoms with van der Waals surface area (Å²) < 4.78 is 5.87. The summed E-state index contributed by atoms with van der Waals surface area (Å²) in [5.74, 6) is 5.99. The first-order chi connectivity index (χ1) is 9.52. The van der Waals surface area contributed by atoms with Crippen molar-refractivity contribution in [2.24, 2.45) is 5.84 Å². The summed E-state index contributed by atoms with van der Waals surface area (Å²) in [6.45, 7) is 0. The van der Waals surface area contributed by atoms with Crippen molar-refractivity contribution in [2.45, 2.75) is 0 Å². The number of aromatic nitrogens is 2. The topological polar surface area (TPSA) is 116 Å². The van der Waals surface area contributed by atoms with Crippen molar-refractivity contribution in [3.05, 3.63) is 44.1 Å². The minimum atomic E-state index is -0.549. The van der Waals surface area contributed by atoms with Crippen molar-refractivity contribution in [3.8, 4) is 11.6 Å². The van der Waals surface area contributed by atoms with Gasteiger partial charge in [0.2, 0.25) is 5.88 Å². The SMILES string of the molecule is NNc1ncnc(Oc2ccc([N+](=O)[O-])cc2Cl)c1Br. The van der Waals surface area contributed by atoms with Crippen LogP contribution in [0.2, 0.25) is 5.02 Å². The van der Waals surface area contributed by atoms with E-state index in [9.17, 15) is 10.1 Å². The van der Waals surface area contributed by atoms with Gasteiger partial charge in [-0.3, -0.25) is 10.1 Å². The molecule has 2 aromatic rings. The molecular formula is C10H7BrClN5O3. The van der Waals surface area contributed by atoms with Gasteiger partial charge in [-0.15, -0.1) is 0 Å². The predicted octanol–water partition coefficient (Wildman–Crippen LogP) is 2.88. The molecule has 1 aromatic heterocycles. The van der Waals surface area contributed by atoms with Crippen molar-refractivity contribution < 1.29 is 9.66 Å². The van der Waals surface area contributed by atoms with Crippen molar-refractivity contribution in [2.75, 3.05) is 5.43 Å². The lowest BCUT2D eigenvalue weighted by atomic mass is 10.3. The van der Waals surface area contributed by atoms with Gasteiger partial charge in [0.25, 0.3) is 5.69 Å². The Balaban J connectivity index is 2.33. The zero-order chi connectivity index (χ0) is 14.7. The molecular weight excluding hydrogens is 353 g/mol. The number of nitrogens with two attached hydrogens (primary N) is 1. The minimum absolute atomic E-state index is 0.0898. The number of nitrogens with zero attached hydrogens (tertiary/aromatic N) is 3. The number of rotatable bonds is 4. The maximum absolute atomic E-state index is 10.6. The monoisotopic (exact) mass is 359 g/mol. The number of anilines is 1. The molecule has 0 saturated carbocycles. The highest BCUT2D eigenvalue weighted by molar-refractivity contribution is 9.10. The summed E-state index contributed by atoms with van der Waals surface area (Å²) >= 11 is 9.14. The summed E-state index contributed by atoms with van der Waals surface area (Å²) in [6.07, 6.45) is 1.24. The van der Waals surface area contributed by atoms with Gasteiger partial charge in [0, 0.05) is 12.1 Å². The second-order valence-electron chi connectivity index (χ2n) is 3.46. The van der Waals surface area contributed by atoms with Gasteiger partial charge in [-0.25, -0.2) is 15.8 Å². The lowest BCUT2D eigenvalue weighted by Gasteiger charge is -2.09. The number of hydrazine groups is 1. The van der Waals surface area contributed by atoms with Gasteiger partial charge >= 0.3 is 0 Å². The van der Waals surface area contributed by atoms with E-state index in [1.807, 2.05) is 0 Å². The van der Waals surface area contributed by atoms with E-state index >= 15 is 0 Å². The molecule has 0 amide bonds. The Morgan fingerprint density at radius 3 is 2.80 bits per heavy atom. The smallest absolute Gasteiger partial charge is 0.271 e. The van der Waals surface area contributed by atoms with Crippen LogP contribution in [-0.2, 0) is 0 Å². The van der Waals surface area contributed by atoms with E-state index in [0.29, 0.717) is 10.3 Å². The summed E-state index contributed by atoms with van der Waals surface area (Å²) in [4.78, 5) is 17.8. The number of hydrogen-bond donors (Lipinski definition) is 2. The highest BCUT2D eigenvalue weighted by atomic mass is 79.9. The molecule has 0 saturated heterocycles. The molecule has 8 nitrogen and oxygen atoms in total. The van der Waals surface area contributed by atoms with Gasteiger partial charge in [0.15, 0.2) is 5.82 Å². The molecule has 20 heavy (non-hydrogen) atoms. The molecule has 0 aliphatic rings. The van der Waals surface area contributed by atoms with Crippen LogP contribution in [0, 0.1) is 10.1 Å². The van der Waals surface area contributed by atoms with Crippen LogP contribution in [0.15, 0.2) is 29.0 Å². The van der Waals surface area contributed by atoms with Crippen LogP contribution < -0.4 is 16.0 Å². The molecule has 104 valence electrons. The van der Waals surface area contributed by atoms with Crippen LogP contribution in [0.5, 0.6) is 11.6 Å². The lowest BCUT2D eigenvalue weighted by Crippen LogP contribution is -2.09. The van der Waals surface area contributed by atoms with Gasteiger partial charge in [0.1, 0.15) is 16.5 Å². The summed E-state index contributed by atoms with van der Waals surface area (Å²) in [5, 5.41) is 10.7. The van der Waals surface area contributed by atoms with Gasteiger partial charge in [-0.05, 0) is 22.0 Å². The molecule has 0 fully saturated rings. The molecule has 0 spiro atoms. The first-order valence-electron chi connectivity index (χ1n) is 5.12. The van der Waals surface area contributed by atoms with E-state index in [4.69, 9.17) is 22.2 Å². The van der Waals surface area contributed by atoms with Gasteiger partial charge < -0.3 is 10.2 Å². The van der Waals surface area contributed by atoms with Crippen LogP contribution in [0.1, 0.15) is 0 Å². The molecule has 0 unspecified atom stereocenters. The standard InChI is InChI=1S/C10H7BrClN5O3/c11-8-9(16-13)14-4-15-10(8)20-7-2-1-5(17(18)19)3-6(7)12/h1-4H,13H2,(H,14,15,16). The van der Waals surface area contributed by atoms with Crippen LogP contribution in [0.3, 0.4) is 0 Å². The molecule has 2 rings (SSSR count). The van der Waals surface area contributed by atoms with Crippen molar-refractivity contribution in [1.29, 1.82) is 0 Å². The highest BCUT2D eigenvalue weighted by Gasteiger charge is 2.14. The predicted molar refractivity (Wildman–Crippen MR) is 75.7 cm³/mol. The maximum atomic E-state index is 10.6. The van der Waals surface area contributed by atoms with E-state index in [2.05, 4.69) is 31.3 Å². The number of nitrogen functional groups attached to an aromatic ring is 1. The summed E-state index contributed by atoms with van der Waals surface area (Å²) in [5.41, 5.74) is 2.23. The molecule has 1 heterocycles. The summed E-state index contributed by atoms with van der Waals surface area (Å²) in [7, 11) is 0. The fourth-order valence-electron chi connectivity index (χ4n) is 1.32. The van der Waals surface area contributed by atoms with Crippen molar-refractivity contribution in [3.63, 3.8) is 0 Å². The fourth-order valence-corrected chi connectivity index (χ4v) is 1.93. The third kappa shape index (κ3) is 2.95. The number of nitrogens with one attached hydrogen (secondary N) is 1. The molecule has 0 radical (unpaired) electrons. The average Bonchev–Trinajstić information content (AvgIpc) is 2.43. The Bertz CT molecular complexity index is 669. The number of non-ortho nitro benzene ring substituents is 1. The first kappa shape index (κ1) is 14.4. The van der Waals surface area contributed by atoms with E-state index < -0.39 is 4.92 Å². The zero-order valence-electron chi connectivity index (χ0n) is 9.71. The number of nitro groups is 1. The molecule has 3 N–H and O–H groups in total. The minimum Gasteiger partial charge on any atom is -0.436 e. The quantitative estimate of drug-likeness (QED) is 0.489. The Kier molecular flexibility index (Phi) is 4.32. The van der Waals surface area contributed by atoms with Crippen LogP contribution >= 0.6 is 27.5 Å². The zero-order valence-corrected chi connectivity index (χ0v) is 12.1. The number of halogens is 2. The highest BCUT2D eigenvalue weighted by Crippen LogP contribution is 2.35. The van der Waals surface area contributed by atoms with E-state index in [-0.39, 0.29) is 22.3 Å². The van der Waals surface area contributed by atoms with E-state index in [1.165, 1.54) is 24.5 Å². The number of ether oxygens (including phenoxy) is 1. The van der Waals surface area contributed by atoms with E-state index in [0.717, 1.165) is 0 Å². The van der Waals surface area contributed by atoms with E-state index in [1.54, 1.807) is 0 Å². The molecule has 0 atom stereocenters. The molecule has 10 heteroatoms. The lowest BCUT2D eigenvalue weighted by molar-refractivity contribution is -0.384. The second kappa shape index (κ2) is 5.99. The Labute approximate surface area is 126 Å². The van der Waals surface area contributed by atoms with Gasteiger partial charge in [0.05, 0.1) is 9.95 Å². The maximum Gasteiger partial charge on any atom is 0.271 e. The largest absolute Gasteiger partial charge is 0.436 e. The third-order valence-electron chi connectivity index (χ3n) is 2.23. The van der Waals surface area contributed by atoms with Crippen LogP contribution in [0.4, 0.5) is 11.5 Å². The Morgan fingerprint density at radius 1 is 1.45 bits per heavy atom. The fraction of sp³-hybridized carbons (Fsp3) is 0. The summed E-state index contributed by atoms with van der Waals surface area (Å²) in [6, 6.07) is 3.84. The van der Waals surface area contributed by atoms with Crippen LogP contribution in [-0.4, -0.2) is 14.9 Å². The van der Waals surface area contributed by atoms with Gasteiger partial charge in [-0.2, -0.15) is 0 Å². The first-order valence-corrected chi connectivity index (χ1v) is 6.29. The molecule has 0 bridgehead atoms. The Morgan fingerprint density at radius 2 is 2.20 bits per heavy atom. The number of nitro benzene ring substituents is 1. The van der Waals surface area contributed by atoms with Crippen molar-refractivity contribution >= 4 is 39.0 Å². The molecule has 0 aliphatic heterocycles. The third-order valence-corrected chi connectivity index (χ3v) is 3.24. The Hall–Kier alpha value is -1.97. The normalized spacial score (nSPS) is 10.2. The number of hydrogen-bond acceptors (Lipinski definition) is 7. The molecule has 1 aromatic carbocycles.